The first-order valence-electron chi connectivity index (χ1n) is 7.61. The average molecular weight is 290 g/mol. The van der Waals surface area contributed by atoms with E-state index in [1.807, 2.05) is 24.5 Å². The maximum atomic E-state index is 9.92. The molecule has 110 valence electrons. The van der Waals surface area contributed by atoms with Crippen LogP contribution in [-0.4, -0.2) is 14.7 Å². The Kier molecular flexibility index (Phi) is 2.67. The molecular weight excluding hydrogens is 272 g/mol. The molecule has 0 atom stereocenters. The monoisotopic (exact) mass is 290 g/mol. The Balaban J connectivity index is 2.40. The lowest BCUT2D eigenvalue weighted by atomic mass is 9.97. The third-order valence-electron chi connectivity index (χ3n) is 4.72. The number of aromatic nitrogens is 2. The summed E-state index contributed by atoms with van der Waals surface area (Å²) in [7, 11) is 0. The number of pyridine rings is 1. The fourth-order valence-electron chi connectivity index (χ4n) is 3.72. The van der Waals surface area contributed by atoms with Gasteiger partial charge in [-0.2, -0.15) is 0 Å². The molecule has 0 amide bonds. The molecule has 2 aromatic carbocycles. The molecule has 0 saturated heterocycles. The van der Waals surface area contributed by atoms with Crippen molar-refractivity contribution in [2.75, 3.05) is 0 Å². The number of phenolic OH excluding ortho intramolecular Hbond substituents is 1. The maximum Gasteiger partial charge on any atom is 0.116 e. The molecule has 3 nitrogen and oxygen atoms in total. The van der Waals surface area contributed by atoms with Crippen molar-refractivity contribution in [3.8, 4) is 5.75 Å². The topological polar surface area (TPSA) is 38.0 Å². The fraction of sp³-hybridized carbons (Fsp3) is 0.211. The molecule has 4 rings (SSSR count). The van der Waals surface area contributed by atoms with Crippen molar-refractivity contribution in [3.63, 3.8) is 0 Å². The molecule has 0 unspecified atom stereocenters. The van der Waals surface area contributed by atoms with Gasteiger partial charge in [0, 0.05) is 40.6 Å². The molecule has 2 aromatic heterocycles. The van der Waals surface area contributed by atoms with Crippen molar-refractivity contribution in [1.82, 2.24) is 9.55 Å². The van der Waals surface area contributed by atoms with Crippen molar-refractivity contribution in [2.24, 2.45) is 0 Å². The normalized spacial score (nSPS) is 11.8. The lowest BCUT2D eigenvalue weighted by molar-refractivity contribution is 0.476. The second kappa shape index (κ2) is 4.47. The number of rotatable bonds is 1. The summed E-state index contributed by atoms with van der Waals surface area (Å²) in [5.74, 6) is 0.311. The number of phenols is 1. The van der Waals surface area contributed by atoms with Gasteiger partial charge in [-0.3, -0.25) is 4.98 Å². The number of aromatic hydroxyl groups is 1. The molecule has 0 radical (unpaired) electrons. The van der Waals surface area contributed by atoms with Crippen LogP contribution in [0.2, 0.25) is 0 Å². The van der Waals surface area contributed by atoms with E-state index in [-0.39, 0.29) is 0 Å². The molecule has 4 aromatic rings. The van der Waals surface area contributed by atoms with Gasteiger partial charge < -0.3 is 9.67 Å². The van der Waals surface area contributed by atoms with E-state index >= 15 is 0 Å². The highest BCUT2D eigenvalue weighted by Crippen LogP contribution is 2.39. The van der Waals surface area contributed by atoms with Gasteiger partial charge in [0.05, 0.1) is 5.52 Å². The minimum absolute atomic E-state index is 0.311. The molecule has 0 bridgehead atoms. The van der Waals surface area contributed by atoms with E-state index in [2.05, 4.69) is 36.4 Å². The van der Waals surface area contributed by atoms with E-state index in [1.54, 1.807) is 6.07 Å². The first-order valence-corrected chi connectivity index (χ1v) is 7.61. The molecule has 0 saturated carbocycles. The van der Waals surface area contributed by atoms with Gasteiger partial charge in [-0.1, -0.05) is 0 Å². The first-order chi connectivity index (χ1) is 10.6. The highest BCUT2D eigenvalue weighted by atomic mass is 16.3. The van der Waals surface area contributed by atoms with Gasteiger partial charge in [-0.25, -0.2) is 0 Å². The van der Waals surface area contributed by atoms with Crippen molar-refractivity contribution in [1.29, 1.82) is 0 Å². The molecule has 0 fully saturated rings. The van der Waals surface area contributed by atoms with Gasteiger partial charge in [0.1, 0.15) is 5.75 Å². The standard InChI is InChI=1S/C19H18N2O/c1-4-21-17-6-5-13(22)9-15(17)18-11(2)16-10-20-8-7-14(16)12(3)19(18)21/h5-10,22H,4H2,1-3H3. The van der Waals surface area contributed by atoms with Crippen molar-refractivity contribution >= 4 is 32.6 Å². The van der Waals surface area contributed by atoms with Crippen LogP contribution in [0, 0.1) is 13.8 Å². The number of hydrogen-bond donors (Lipinski definition) is 1. The van der Waals surface area contributed by atoms with Gasteiger partial charge in [0.15, 0.2) is 0 Å². The van der Waals surface area contributed by atoms with Crippen LogP contribution in [0.1, 0.15) is 18.1 Å². The highest BCUT2D eigenvalue weighted by molar-refractivity contribution is 6.17. The van der Waals surface area contributed by atoms with Gasteiger partial charge in [0.25, 0.3) is 0 Å². The molecule has 2 heterocycles. The van der Waals surface area contributed by atoms with Crippen molar-refractivity contribution in [2.45, 2.75) is 27.3 Å². The lowest BCUT2D eigenvalue weighted by Crippen LogP contribution is -1.96. The minimum Gasteiger partial charge on any atom is -0.508 e. The Morgan fingerprint density at radius 2 is 1.86 bits per heavy atom. The Morgan fingerprint density at radius 1 is 1.05 bits per heavy atom. The van der Waals surface area contributed by atoms with Crippen LogP contribution in [0.5, 0.6) is 5.75 Å². The number of benzene rings is 2. The quantitative estimate of drug-likeness (QED) is 0.552. The Labute approximate surface area is 128 Å². The van der Waals surface area contributed by atoms with Crippen LogP contribution in [0.25, 0.3) is 32.6 Å². The molecule has 0 aliphatic carbocycles. The lowest BCUT2D eigenvalue weighted by Gasteiger charge is -2.11. The Hall–Kier alpha value is -2.55. The van der Waals surface area contributed by atoms with E-state index in [0.717, 1.165) is 11.9 Å². The third kappa shape index (κ3) is 1.54. The number of nitrogens with zero attached hydrogens (tertiary/aromatic N) is 2. The van der Waals surface area contributed by atoms with Crippen LogP contribution in [0.3, 0.4) is 0 Å². The molecule has 22 heavy (non-hydrogen) atoms. The largest absolute Gasteiger partial charge is 0.508 e. The molecule has 1 N–H and O–H groups in total. The van der Waals surface area contributed by atoms with Gasteiger partial charge in [0.2, 0.25) is 0 Å². The predicted molar refractivity (Wildman–Crippen MR) is 91.6 cm³/mol. The fourth-order valence-corrected chi connectivity index (χ4v) is 3.72. The Bertz CT molecular complexity index is 1040. The maximum absolute atomic E-state index is 9.92. The predicted octanol–water partition coefficient (Wildman–Crippen LogP) is 4.69. The summed E-state index contributed by atoms with van der Waals surface area (Å²) in [6, 6.07) is 7.74. The summed E-state index contributed by atoms with van der Waals surface area (Å²) in [5, 5.41) is 14.7. The summed E-state index contributed by atoms with van der Waals surface area (Å²) in [6.07, 6.45) is 3.79. The van der Waals surface area contributed by atoms with E-state index < -0.39 is 0 Å². The second-order valence-corrected chi connectivity index (χ2v) is 5.84. The minimum atomic E-state index is 0.311. The molecule has 3 heteroatoms. The summed E-state index contributed by atoms with van der Waals surface area (Å²) >= 11 is 0. The summed E-state index contributed by atoms with van der Waals surface area (Å²) < 4.78 is 2.34. The van der Waals surface area contributed by atoms with E-state index in [9.17, 15) is 5.11 Å². The average Bonchev–Trinajstić information content (AvgIpc) is 2.86. The van der Waals surface area contributed by atoms with Crippen molar-refractivity contribution < 1.29 is 5.11 Å². The summed E-state index contributed by atoms with van der Waals surface area (Å²) in [4.78, 5) is 4.29. The Morgan fingerprint density at radius 3 is 2.64 bits per heavy atom. The second-order valence-electron chi connectivity index (χ2n) is 5.84. The van der Waals surface area contributed by atoms with E-state index in [0.29, 0.717) is 5.75 Å². The van der Waals surface area contributed by atoms with E-state index in [4.69, 9.17) is 0 Å². The SMILES string of the molecule is CCn1c2ccc(O)cc2c2c(C)c3cnccc3c(C)c21. The number of fused-ring (bicyclic) bond motifs is 4. The van der Waals surface area contributed by atoms with Crippen LogP contribution >= 0.6 is 0 Å². The third-order valence-corrected chi connectivity index (χ3v) is 4.72. The van der Waals surface area contributed by atoms with Crippen LogP contribution in [0.15, 0.2) is 36.7 Å². The molecule has 0 spiro atoms. The number of aryl methyl sites for hydroxylation is 3. The molecule has 0 aliphatic heterocycles. The molecule has 0 aliphatic rings. The summed E-state index contributed by atoms with van der Waals surface area (Å²) in [5.41, 5.74) is 4.94. The number of hydrogen-bond acceptors (Lipinski definition) is 2. The smallest absolute Gasteiger partial charge is 0.116 e. The van der Waals surface area contributed by atoms with Crippen LogP contribution in [-0.2, 0) is 6.54 Å². The van der Waals surface area contributed by atoms with Gasteiger partial charge in [-0.15, -0.1) is 0 Å². The van der Waals surface area contributed by atoms with Crippen LogP contribution in [0.4, 0.5) is 0 Å². The highest BCUT2D eigenvalue weighted by Gasteiger charge is 2.17. The zero-order chi connectivity index (χ0) is 15.4. The molecular formula is C19H18N2O. The van der Waals surface area contributed by atoms with Gasteiger partial charge in [-0.05, 0) is 61.5 Å². The van der Waals surface area contributed by atoms with Gasteiger partial charge >= 0.3 is 0 Å². The van der Waals surface area contributed by atoms with Crippen molar-refractivity contribution in [3.05, 3.63) is 47.8 Å². The summed E-state index contributed by atoms with van der Waals surface area (Å²) in [6.45, 7) is 7.39. The van der Waals surface area contributed by atoms with E-state index in [1.165, 1.54) is 38.3 Å². The zero-order valence-electron chi connectivity index (χ0n) is 13.0. The zero-order valence-corrected chi connectivity index (χ0v) is 13.0. The first kappa shape index (κ1) is 13.1. The van der Waals surface area contributed by atoms with Crippen LogP contribution < -0.4 is 0 Å².